The molecule has 2 aliphatic heterocycles. The monoisotopic (exact) mass is 267 g/mol. The van der Waals surface area contributed by atoms with Crippen LogP contribution in [0.15, 0.2) is 24.3 Å². The van der Waals surface area contributed by atoms with Gasteiger partial charge in [0.05, 0.1) is 23.6 Å². The zero-order valence-corrected chi connectivity index (χ0v) is 10.4. The van der Waals surface area contributed by atoms with Gasteiger partial charge in [0.1, 0.15) is 0 Å². The molecule has 0 spiro atoms. The molecule has 0 bridgehead atoms. The third-order valence-corrected chi connectivity index (χ3v) is 5.07. The van der Waals surface area contributed by atoms with E-state index in [1.54, 1.807) is 24.3 Å². The summed E-state index contributed by atoms with van der Waals surface area (Å²) in [4.78, 5) is 13.4. The predicted molar refractivity (Wildman–Crippen MR) is 68.1 cm³/mol. The number of nitrogen functional groups attached to an aromatic ring is 1. The van der Waals surface area contributed by atoms with E-state index in [2.05, 4.69) is 5.32 Å². The summed E-state index contributed by atoms with van der Waals surface area (Å²) in [5, 5.41) is 2.71. The van der Waals surface area contributed by atoms with Crippen LogP contribution >= 0.6 is 0 Å². The third kappa shape index (κ3) is 1.71. The fraction of sp³-hybridized carbons (Fsp3) is 0.364. The molecule has 0 aromatic heterocycles. The number of benzene rings is 1. The lowest BCUT2D eigenvalue weighted by atomic mass is 10.1. The van der Waals surface area contributed by atoms with Crippen molar-refractivity contribution in [3.63, 3.8) is 0 Å². The number of carbonyl (C=O) groups excluding carboxylic acids is 1. The van der Waals surface area contributed by atoms with Crippen molar-refractivity contribution < 1.29 is 13.2 Å². The van der Waals surface area contributed by atoms with Gasteiger partial charge in [-0.1, -0.05) is 0 Å². The van der Waals surface area contributed by atoms with Crippen LogP contribution in [0.4, 0.5) is 16.2 Å². The number of hydrogen-bond acceptors (Lipinski definition) is 4. The molecule has 1 aromatic carbocycles. The fourth-order valence-corrected chi connectivity index (χ4v) is 4.43. The second-order valence-corrected chi connectivity index (χ2v) is 6.82. The average Bonchev–Trinajstić information content (AvgIpc) is 2.70. The van der Waals surface area contributed by atoms with Gasteiger partial charge in [0.25, 0.3) is 0 Å². The van der Waals surface area contributed by atoms with Crippen molar-refractivity contribution in [2.75, 3.05) is 22.1 Å². The summed E-state index contributed by atoms with van der Waals surface area (Å²) in [6.45, 7) is 0. The van der Waals surface area contributed by atoms with Gasteiger partial charge in [0.15, 0.2) is 9.84 Å². The lowest BCUT2D eigenvalue weighted by Gasteiger charge is -2.21. The lowest BCUT2D eigenvalue weighted by molar-refractivity contribution is 0.251. The van der Waals surface area contributed by atoms with E-state index in [9.17, 15) is 13.2 Å². The number of amides is 2. The van der Waals surface area contributed by atoms with Gasteiger partial charge in [-0.3, -0.25) is 4.90 Å². The van der Waals surface area contributed by atoms with Crippen molar-refractivity contribution in [3.05, 3.63) is 24.3 Å². The van der Waals surface area contributed by atoms with E-state index < -0.39 is 9.84 Å². The molecule has 2 saturated heterocycles. The number of anilines is 2. The van der Waals surface area contributed by atoms with Gasteiger partial charge < -0.3 is 11.1 Å². The van der Waals surface area contributed by atoms with Crippen LogP contribution in [-0.4, -0.2) is 38.0 Å². The number of carbonyl (C=O) groups is 1. The topological polar surface area (TPSA) is 92.5 Å². The van der Waals surface area contributed by atoms with E-state index in [-0.39, 0.29) is 29.6 Å². The number of nitrogens with one attached hydrogen (secondary N) is 1. The minimum Gasteiger partial charge on any atom is -0.399 e. The van der Waals surface area contributed by atoms with Gasteiger partial charge >= 0.3 is 6.03 Å². The normalized spacial score (nSPS) is 29.1. The SMILES string of the molecule is Nc1ccc(N2C(=O)NC3CS(=O)(=O)CC32)cc1. The summed E-state index contributed by atoms with van der Waals surface area (Å²) in [5.41, 5.74) is 6.87. The highest BCUT2D eigenvalue weighted by atomic mass is 32.2. The Morgan fingerprint density at radius 1 is 1.22 bits per heavy atom. The van der Waals surface area contributed by atoms with Gasteiger partial charge in [-0.05, 0) is 24.3 Å². The van der Waals surface area contributed by atoms with Crippen molar-refractivity contribution in [2.24, 2.45) is 0 Å². The van der Waals surface area contributed by atoms with Crippen LogP contribution in [0.5, 0.6) is 0 Å². The van der Waals surface area contributed by atoms with E-state index >= 15 is 0 Å². The first kappa shape index (κ1) is 11.3. The molecule has 2 aliphatic rings. The van der Waals surface area contributed by atoms with E-state index in [1.807, 2.05) is 0 Å². The Labute approximate surface area is 105 Å². The number of nitrogens with two attached hydrogens (primary N) is 1. The van der Waals surface area contributed by atoms with Crippen molar-refractivity contribution in [1.29, 1.82) is 0 Å². The highest BCUT2D eigenvalue weighted by Crippen LogP contribution is 2.29. The molecule has 0 aliphatic carbocycles. The molecule has 3 N–H and O–H groups in total. The maximum absolute atomic E-state index is 11.9. The first-order valence-electron chi connectivity index (χ1n) is 5.62. The van der Waals surface area contributed by atoms with Gasteiger partial charge in [0, 0.05) is 11.4 Å². The van der Waals surface area contributed by atoms with Crippen molar-refractivity contribution in [2.45, 2.75) is 12.1 Å². The molecule has 2 fully saturated rings. The smallest absolute Gasteiger partial charge is 0.322 e. The van der Waals surface area contributed by atoms with Crippen LogP contribution in [-0.2, 0) is 9.84 Å². The number of nitrogens with zero attached hydrogens (tertiary/aromatic N) is 1. The summed E-state index contributed by atoms with van der Waals surface area (Å²) in [5.74, 6) is 0.0374. The molecule has 2 heterocycles. The van der Waals surface area contributed by atoms with E-state index in [1.165, 1.54) is 4.90 Å². The summed E-state index contributed by atoms with van der Waals surface area (Å²) in [6, 6.07) is 5.97. The number of hydrogen-bond donors (Lipinski definition) is 2. The zero-order chi connectivity index (χ0) is 12.9. The van der Waals surface area contributed by atoms with Crippen LogP contribution in [0, 0.1) is 0 Å². The molecule has 6 nitrogen and oxygen atoms in total. The molecule has 2 atom stereocenters. The Kier molecular flexibility index (Phi) is 2.28. The van der Waals surface area contributed by atoms with Crippen LogP contribution < -0.4 is 16.0 Å². The molecular formula is C11H13N3O3S. The summed E-state index contributed by atoms with van der Waals surface area (Å²) in [6.07, 6.45) is 0. The Balaban J connectivity index is 1.96. The Morgan fingerprint density at radius 2 is 1.89 bits per heavy atom. The highest BCUT2D eigenvalue weighted by Gasteiger charge is 2.49. The molecule has 2 unspecified atom stereocenters. The molecule has 0 saturated carbocycles. The minimum absolute atomic E-state index is 0.0147. The van der Waals surface area contributed by atoms with E-state index in [0.717, 1.165) is 0 Å². The second kappa shape index (κ2) is 3.61. The number of sulfone groups is 1. The number of fused-ring (bicyclic) bond motifs is 1. The molecule has 2 amide bonds. The molecule has 7 heteroatoms. The Bertz CT molecular complexity index is 596. The molecule has 96 valence electrons. The fourth-order valence-electron chi connectivity index (χ4n) is 2.54. The third-order valence-electron chi connectivity index (χ3n) is 3.35. The van der Waals surface area contributed by atoms with Crippen LogP contribution in [0.1, 0.15) is 0 Å². The summed E-state index contributed by atoms with van der Waals surface area (Å²) in [7, 11) is -3.06. The quantitative estimate of drug-likeness (QED) is 0.552. The Morgan fingerprint density at radius 3 is 2.56 bits per heavy atom. The first-order valence-corrected chi connectivity index (χ1v) is 7.44. The van der Waals surface area contributed by atoms with Gasteiger partial charge in [-0.2, -0.15) is 0 Å². The summed E-state index contributed by atoms with van der Waals surface area (Å²) >= 11 is 0. The standard InChI is InChI=1S/C11H13N3O3S/c12-7-1-3-8(4-2-7)14-10-6-18(16,17)5-9(10)13-11(14)15/h1-4,9-10H,5-6,12H2,(H,13,15). The highest BCUT2D eigenvalue weighted by molar-refractivity contribution is 7.91. The van der Waals surface area contributed by atoms with Crippen molar-refractivity contribution >= 4 is 27.2 Å². The Hall–Kier alpha value is -1.76. The average molecular weight is 267 g/mol. The predicted octanol–water partition coefficient (Wildman–Crippen LogP) is -0.0360. The van der Waals surface area contributed by atoms with Crippen molar-refractivity contribution in [3.8, 4) is 0 Å². The summed E-state index contributed by atoms with van der Waals surface area (Å²) < 4.78 is 23.2. The molecular weight excluding hydrogens is 254 g/mol. The number of urea groups is 1. The molecule has 1 aromatic rings. The van der Waals surface area contributed by atoms with Gasteiger partial charge in [0.2, 0.25) is 0 Å². The maximum atomic E-state index is 11.9. The number of rotatable bonds is 1. The van der Waals surface area contributed by atoms with Crippen LogP contribution in [0.25, 0.3) is 0 Å². The molecule has 0 radical (unpaired) electrons. The zero-order valence-electron chi connectivity index (χ0n) is 9.54. The lowest BCUT2D eigenvalue weighted by Crippen LogP contribution is -2.36. The van der Waals surface area contributed by atoms with Crippen LogP contribution in [0.2, 0.25) is 0 Å². The van der Waals surface area contributed by atoms with E-state index in [4.69, 9.17) is 5.73 Å². The van der Waals surface area contributed by atoms with Crippen LogP contribution in [0.3, 0.4) is 0 Å². The van der Waals surface area contributed by atoms with Crippen molar-refractivity contribution in [1.82, 2.24) is 5.32 Å². The molecule has 3 rings (SSSR count). The maximum Gasteiger partial charge on any atom is 0.322 e. The second-order valence-electron chi connectivity index (χ2n) is 4.66. The van der Waals surface area contributed by atoms with E-state index in [0.29, 0.717) is 11.4 Å². The van der Waals surface area contributed by atoms with Gasteiger partial charge in [-0.15, -0.1) is 0 Å². The largest absolute Gasteiger partial charge is 0.399 e. The molecule has 18 heavy (non-hydrogen) atoms. The van der Waals surface area contributed by atoms with Gasteiger partial charge in [-0.25, -0.2) is 13.2 Å². The first-order chi connectivity index (χ1) is 8.46. The minimum atomic E-state index is -3.06.